The molecular weight excluding hydrogens is 202 g/mol. The molecule has 0 heterocycles. The number of para-hydroxylation sites is 1. The molecular formula is C13H17NO2. The third-order valence-electron chi connectivity index (χ3n) is 2.21. The predicted octanol–water partition coefficient (Wildman–Crippen LogP) is 3.15. The number of hydrogen-bond donors (Lipinski definition) is 1. The van der Waals surface area contributed by atoms with Gasteiger partial charge < -0.3 is 9.94 Å². The van der Waals surface area contributed by atoms with Gasteiger partial charge in [-0.15, -0.1) is 0 Å². The van der Waals surface area contributed by atoms with Crippen molar-refractivity contribution in [2.45, 2.75) is 20.8 Å². The minimum Gasteiger partial charge on any atom is -0.488 e. The van der Waals surface area contributed by atoms with Crippen LogP contribution in [0.2, 0.25) is 0 Å². The van der Waals surface area contributed by atoms with E-state index in [1.165, 1.54) is 0 Å². The van der Waals surface area contributed by atoms with Crippen LogP contribution in [0.4, 0.5) is 0 Å². The van der Waals surface area contributed by atoms with Gasteiger partial charge in [-0.2, -0.15) is 0 Å². The Morgan fingerprint density at radius 1 is 1.44 bits per heavy atom. The Morgan fingerprint density at radius 2 is 2.12 bits per heavy atom. The van der Waals surface area contributed by atoms with E-state index in [-0.39, 0.29) is 0 Å². The van der Waals surface area contributed by atoms with Gasteiger partial charge in [-0.1, -0.05) is 23.9 Å². The van der Waals surface area contributed by atoms with E-state index >= 15 is 0 Å². The van der Waals surface area contributed by atoms with Crippen LogP contribution >= 0.6 is 0 Å². The molecule has 0 saturated heterocycles. The van der Waals surface area contributed by atoms with Gasteiger partial charge in [0.2, 0.25) is 0 Å². The Hall–Kier alpha value is -1.77. The molecule has 1 aromatic rings. The summed E-state index contributed by atoms with van der Waals surface area (Å²) in [4.78, 5) is 0. The molecule has 86 valence electrons. The van der Waals surface area contributed by atoms with Crippen molar-refractivity contribution in [2.75, 3.05) is 6.61 Å². The summed E-state index contributed by atoms with van der Waals surface area (Å²) >= 11 is 0. The lowest BCUT2D eigenvalue weighted by molar-refractivity contribution is 0.318. The maximum Gasteiger partial charge on any atom is 0.131 e. The van der Waals surface area contributed by atoms with Gasteiger partial charge in [0.1, 0.15) is 12.4 Å². The fourth-order valence-electron chi connectivity index (χ4n) is 1.38. The van der Waals surface area contributed by atoms with Crippen LogP contribution in [0.1, 0.15) is 25.0 Å². The Labute approximate surface area is 96.1 Å². The van der Waals surface area contributed by atoms with Gasteiger partial charge >= 0.3 is 0 Å². The van der Waals surface area contributed by atoms with Crippen LogP contribution in [0.3, 0.4) is 0 Å². The highest BCUT2D eigenvalue weighted by Gasteiger charge is 2.09. The number of rotatable bonds is 4. The number of ether oxygens (including phenoxy) is 1. The van der Waals surface area contributed by atoms with Crippen LogP contribution in [-0.4, -0.2) is 17.5 Å². The molecule has 0 unspecified atom stereocenters. The van der Waals surface area contributed by atoms with Crippen molar-refractivity contribution in [3.05, 3.63) is 41.5 Å². The highest BCUT2D eigenvalue weighted by Crippen LogP contribution is 2.24. The summed E-state index contributed by atoms with van der Waals surface area (Å²) in [6.45, 7) is 9.87. The number of aryl methyl sites for hydroxylation is 1. The number of hydrogen-bond acceptors (Lipinski definition) is 3. The summed E-state index contributed by atoms with van der Waals surface area (Å²) in [5.41, 5.74) is 3.32. The van der Waals surface area contributed by atoms with Gasteiger partial charge in [0.15, 0.2) is 0 Å². The van der Waals surface area contributed by atoms with E-state index in [4.69, 9.17) is 9.94 Å². The molecule has 3 heteroatoms. The van der Waals surface area contributed by atoms with Gasteiger partial charge in [0, 0.05) is 5.56 Å². The highest BCUT2D eigenvalue weighted by molar-refractivity contribution is 6.01. The Balaban J connectivity index is 3.08. The lowest BCUT2D eigenvalue weighted by Crippen LogP contribution is -2.05. The molecule has 0 aliphatic rings. The Morgan fingerprint density at radius 3 is 2.69 bits per heavy atom. The van der Waals surface area contributed by atoms with Crippen molar-refractivity contribution in [1.29, 1.82) is 0 Å². The fourth-order valence-corrected chi connectivity index (χ4v) is 1.38. The first-order valence-corrected chi connectivity index (χ1v) is 5.12. The first kappa shape index (κ1) is 12.3. The molecule has 16 heavy (non-hydrogen) atoms. The molecule has 0 amide bonds. The van der Waals surface area contributed by atoms with Crippen molar-refractivity contribution in [3.8, 4) is 5.75 Å². The van der Waals surface area contributed by atoms with Gasteiger partial charge in [0.05, 0.1) is 5.71 Å². The molecule has 3 nitrogen and oxygen atoms in total. The molecule has 0 spiro atoms. The summed E-state index contributed by atoms with van der Waals surface area (Å²) < 4.78 is 5.66. The molecule has 0 atom stereocenters. The lowest BCUT2D eigenvalue weighted by Gasteiger charge is -2.13. The smallest absolute Gasteiger partial charge is 0.131 e. The normalized spacial score (nSPS) is 11.3. The maximum absolute atomic E-state index is 8.80. The SMILES string of the molecule is C=C(C)COc1c(C)cccc1/C(C)=N/O. The predicted molar refractivity (Wildman–Crippen MR) is 65.5 cm³/mol. The first-order valence-electron chi connectivity index (χ1n) is 5.12. The van der Waals surface area contributed by atoms with Crippen molar-refractivity contribution < 1.29 is 9.94 Å². The molecule has 0 radical (unpaired) electrons. The molecule has 0 saturated carbocycles. The van der Waals surface area contributed by atoms with E-state index in [1.54, 1.807) is 6.92 Å². The minimum absolute atomic E-state index is 0.469. The number of nitrogens with zero attached hydrogens (tertiary/aromatic N) is 1. The van der Waals surface area contributed by atoms with Crippen LogP contribution in [0, 0.1) is 6.92 Å². The Bertz CT molecular complexity index is 422. The van der Waals surface area contributed by atoms with E-state index in [2.05, 4.69) is 11.7 Å². The van der Waals surface area contributed by atoms with Crippen molar-refractivity contribution >= 4 is 5.71 Å². The van der Waals surface area contributed by atoms with Crippen LogP contribution in [0.25, 0.3) is 0 Å². The van der Waals surface area contributed by atoms with Crippen LogP contribution < -0.4 is 4.74 Å². The van der Waals surface area contributed by atoms with E-state index in [0.717, 1.165) is 22.4 Å². The van der Waals surface area contributed by atoms with E-state index < -0.39 is 0 Å². The molecule has 1 aromatic carbocycles. The van der Waals surface area contributed by atoms with Crippen LogP contribution in [0.5, 0.6) is 5.75 Å². The third-order valence-corrected chi connectivity index (χ3v) is 2.21. The second kappa shape index (κ2) is 5.35. The zero-order valence-electron chi connectivity index (χ0n) is 9.95. The average molecular weight is 219 g/mol. The summed E-state index contributed by atoms with van der Waals surface area (Å²) in [5.74, 6) is 0.751. The highest BCUT2D eigenvalue weighted by atomic mass is 16.5. The second-order valence-electron chi connectivity index (χ2n) is 3.88. The molecule has 0 aliphatic carbocycles. The largest absolute Gasteiger partial charge is 0.488 e. The summed E-state index contributed by atoms with van der Waals surface area (Å²) in [5, 5.41) is 12.0. The third kappa shape index (κ3) is 2.86. The minimum atomic E-state index is 0.469. The topological polar surface area (TPSA) is 41.8 Å². The fraction of sp³-hybridized carbons (Fsp3) is 0.308. The lowest BCUT2D eigenvalue weighted by atomic mass is 10.1. The summed E-state index contributed by atoms with van der Waals surface area (Å²) in [6, 6.07) is 5.74. The van der Waals surface area contributed by atoms with E-state index in [9.17, 15) is 0 Å². The molecule has 0 bridgehead atoms. The summed E-state index contributed by atoms with van der Waals surface area (Å²) in [7, 11) is 0. The Kier molecular flexibility index (Phi) is 4.11. The summed E-state index contributed by atoms with van der Waals surface area (Å²) in [6.07, 6.45) is 0. The van der Waals surface area contributed by atoms with Gasteiger partial charge in [-0.25, -0.2) is 0 Å². The van der Waals surface area contributed by atoms with E-state index in [0.29, 0.717) is 12.3 Å². The molecule has 0 fully saturated rings. The standard InChI is InChI=1S/C13H17NO2/c1-9(2)8-16-13-10(3)6-5-7-12(13)11(4)14-15/h5-7,15H,1,8H2,2-4H3/b14-11+. The average Bonchev–Trinajstić information content (AvgIpc) is 2.25. The number of benzene rings is 1. The zero-order valence-corrected chi connectivity index (χ0v) is 9.95. The van der Waals surface area contributed by atoms with Gasteiger partial charge in [-0.05, 0) is 38.0 Å². The van der Waals surface area contributed by atoms with Crippen molar-refractivity contribution in [2.24, 2.45) is 5.16 Å². The van der Waals surface area contributed by atoms with Crippen LogP contribution in [0.15, 0.2) is 35.5 Å². The van der Waals surface area contributed by atoms with Crippen molar-refractivity contribution in [1.82, 2.24) is 0 Å². The quantitative estimate of drug-likeness (QED) is 0.366. The zero-order chi connectivity index (χ0) is 12.1. The van der Waals surface area contributed by atoms with E-state index in [1.807, 2.05) is 32.0 Å². The molecule has 1 N–H and O–H groups in total. The monoisotopic (exact) mass is 219 g/mol. The molecule has 1 rings (SSSR count). The molecule has 0 aliphatic heterocycles. The molecule has 0 aromatic heterocycles. The van der Waals surface area contributed by atoms with Gasteiger partial charge in [-0.3, -0.25) is 0 Å². The number of oxime groups is 1. The second-order valence-corrected chi connectivity index (χ2v) is 3.88. The van der Waals surface area contributed by atoms with Gasteiger partial charge in [0.25, 0.3) is 0 Å². The van der Waals surface area contributed by atoms with Crippen molar-refractivity contribution in [3.63, 3.8) is 0 Å². The first-order chi connectivity index (χ1) is 7.56. The van der Waals surface area contributed by atoms with Crippen LogP contribution in [-0.2, 0) is 0 Å². The maximum atomic E-state index is 8.80.